The summed E-state index contributed by atoms with van der Waals surface area (Å²) in [6.07, 6.45) is 2.94. The second kappa shape index (κ2) is 3.41. The molecular weight excluding hydrogens is 194 g/mol. The Kier molecular flexibility index (Phi) is 2.09. The number of nitrogens with two attached hydrogens (primary N) is 2. The maximum Gasteiger partial charge on any atom is 0.254 e. The number of aromatic nitrogens is 3. The summed E-state index contributed by atoms with van der Waals surface area (Å²) < 4.78 is 1.36. The lowest BCUT2D eigenvalue weighted by Gasteiger charge is -2.01. The quantitative estimate of drug-likeness (QED) is 0.714. The molecule has 0 aromatic carbocycles. The van der Waals surface area contributed by atoms with Crippen molar-refractivity contribution in [1.82, 2.24) is 14.8 Å². The van der Waals surface area contributed by atoms with Crippen LogP contribution in [-0.4, -0.2) is 20.7 Å². The maximum absolute atomic E-state index is 10.9. The molecule has 2 heterocycles. The van der Waals surface area contributed by atoms with Crippen LogP contribution in [0.15, 0.2) is 30.6 Å². The van der Waals surface area contributed by atoms with Gasteiger partial charge in [-0.25, -0.2) is 4.98 Å². The minimum absolute atomic E-state index is 0.195. The van der Waals surface area contributed by atoms with E-state index in [1.165, 1.54) is 10.9 Å². The van der Waals surface area contributed by atoms with Gasteiger partial charge in [0.25, 0.3) is 5.91 Å². The van der Waals surface area contributed by atoms with Crippen molar-refractivity contribution in [2.45, 2.75) is 0 Å². The van der Waals surface area contributed by atoms with Gasteiger partial charge in [0, 0.05) is 6.20 Å². The lowest BCUT2D eigenvalue weighted by molar-refractivity contribution is 0.100. The van der Waals surface area contributed by atoms with Gasteiger partial charge in [-0.2, -0.15) is 9.78 Å². The summed E-state index contributed by atoms with van der Waals surface area (Å²) in [5, 5.41) is 3.94. The van der Waals surface area contributed by atoms with Crippen LogP contribution in [0.5, 0.6) is 0 Å². The third kappa shape index (κ3) is 1.52. The van der Waals surface area contributed by atoms with Crippen molar-refractivity contribution in [3.63, 3.8) is 0 Å². The molecule has 1 amide bonds. The van der Waals surface area contributed by atoms with Gasteiger partial charge in [0.05, 0.1) is 6.20 Å². The summed E-state index contributed by atoms with van der Waals surface area (Å²) in [7, 11) is 0. The van der Waals surface area contributed by atoms with Gasteiger partial charge in [-0.3, -0.25) is 4.79 Å². The van der Waals surface area contributed by atoms with Crippen LogP contribution in [0.1, 0.15) is 10.4 Å². The van der Waals surface area contributed by atoms with Crippen molar-refractivity contribution in [2.75, 3.05) is 5.73 Å². The molecule has 0 aliphatic heterocycles. The molecule has 0 bridgehead atoms. The monoisotopic (exact) mass is 203 g/mol. The minimum Gasteiger partial charge on any atom is -0.383 e. The average Bonchev–Trinajstić information content (AvgIpc) is 2.61. The first-order valence-electron chi connectivity index (χ1n) is 4.25. The van der Waals surface area contributed by atoms with Crippen LogP contribution in [0.2, 0.25) is 0 Å². The number of nitrogen functional groups attached to an aromatic ring is 1. The molecule has 0 atom stereocenters. The van der Waals surface area contributed by atoms with Crippen LogP contribution in [0.4, 0.5) is 5.82 Å². The number of anilines is 1. The van der Waals surface area contributed by atoms with Crippen molar-refractivity contribution in [3.8, 4) is 5.82 Å². The highest BCUT2D eigenvalue weighted by Gasteiger charge is 2.13. The van der Waals surface area contributed by atoms with Crippen molar-refractivity contribution in [2.24, 2.45) is 5.73 Å². The SMILES string of the molecule is NC(=O)c1cnn(-c2ccccn2)c1N. The Morgan fingerprint density at radius 2 is 2.20 bits per heavy atom. The molecule has 0 aliphatic rings. The van der Waals surface area contributed by atoms with Crippen LogP contribution >= 0.6 is 0 Å². The third-order valence-electron chi connectivity index (χ3n) is 1.94. The zero-order valence-corrected chi connectivity index (χ0v) is 7.79. The van der Waals surface area contributed by atoms with Crippen LogP contribution in [0.3, 0.4) is 0 Å². The molecular formula is C9H9N5O. The van der Waals surface area contributed by atoms with Gasteiger partial charge < -0.3 is 11.5 Å². The van der Waals surface area contributed by atoms with Crippen molar-refractivity contribution in [1.29, 1.82) is 0 Å². The van der Waals surface area contributed by atoms with Gasteiger partial charge in [0.15, 0.2) is 5.82 Å². The molecule has 0 radical (unpaired) electrons. The Labute approximate surface area is 85.5 Å². The molecule has 15 heavy (non-hydrogen) atoms. The molecule has 2 aromatic rings. The van der Waals surface area contributed by atoms with E-state index >= 15 is 0 Å². The molecule has 2 aromatic heterocycles. The topological polar surface area (TPSA) is 99.8 Å². The Morgan fingerprint density at radius 3 is 2.73 bits per heavy atom. The first-order valence-corrected chi connectivity index (χ1v) is 4.25. The van der Waals surface area contributed by atoms with Gasteiger partial charge in [-0.05, 0) is 12.1 Å². The molecule has 0 spiro atoms. The lowest BCUT2D eigenvalue weighted by atomic mass is 10.3. The van der Waals surface area contributed by atoms with E-state index in [0.29, 0.717) is 5.82 Å². The Morgan fingerprint density at radius 1 is 1.40 bits per heavy atom. The molecule has 76 valence electrons. The van der Waals surface area contributed by atoms with Crippen molar-refractivity contribution >= 4 is 11.7 Å². The van der Waals surface area contributed by atoms with E-state index in [9.17, 15) is 4.79 Å². The molecule has 0 saturated carbocycles. The fourth-order valence-electron chi connectivity index (χ4n) is 1.21. The standard InChI is InChI=1S/C9H9N5O/c10-8-6(9(11)15)5-13-14(8)7-3-1-2-4-12-7/h1-5H,10H2,(H2,11,15). The number of rotatable bonds is 2. The summed E-state index contributed by atoms with van der Waals surface area (Å²) in [5.74, 6) is 0.137. The molecule has 2 rings (SSSR count). The molecule has 0 aliphatic carbocycles. The molecule has 0 fully saturated rings. The fraction of sp³-hybridized carbons (Fsp3) is 0. The number of carbonyl (C=O) groups is 1. The largest absolute Gasteiger partial charge is 0.383 e. The Balaban J connectivity index is 2.52. The summed E-state index contributed by atoms with van der Waals surface area (Å²) in [5.41, 5.74) is 11.0. The van der Waals surface area contributed by atoms with E-state index in [-0.39, 0.29) is 11.4 Å². The van der Waals surface area contributed by atoms with Gasteiger partial charge in [-0.1, -0.05) is 6.07 Å². The third-order valence-corrected chi connectivity index (χ3v) is 1.94. The van der Waals surface area contributed by atoms with Gasteiger partial charge >= 0.3 is 0 Å². The van der Waals surface area contributed by atoms with Crippen LogP contribution in [0.25, 0.3) is 5.82 Å². The molecule has 6 heteroatoms. The zero-order chi connectivity index (χ0) is 10.8. The number of primary amides is 1. The highest BCUT2D eigenvalue weighted by molar-refractivity contribution is 5.97. The zero-order valence-electron chi connectivity index (χ0n) is 7.79. The first kappa shape index (κ1) is 9.20. The number of hydrogen-bond acceptors (Lipinski definition) is 4. The second-order valence-electron chi connectivity index (χ2n) is 2.91. The summed E-state index contributed by atoms with van der Waals surface area (Å²) in [6.45, 7) is 0. The van der Waals surface area contributed by atoms with Crippen LogP contribution in [0, 0.1) is 0 Å². The number of amides is 1. The molecule has 6 nitrogen and oxygen atoms in total. The van der Waals surface area contributed by atoms with Gasteiger partial charge in [0.2, 0.25) is 0 Å². The van der Waals surface area contributed by atoms with Crippen molar-refractivity contribution in [3.05, 3.63) is 36.2 Å². The smallest absolute Gasteiger partial charge is 0.254 e. The first-order chi connectivity index (χ1) is 7.20. The Bertz CT molecular complexity index is 490. The van der Waals surface area contributed by atoms with Crippen LogP contribution in [-0.2, 0) is 0 Å². The van der Waals surface area contributed by atoms with E-state index in [1.54, 1.807) is 24.4 Å². The minimum atomic E-state index is -0.602. The molecule has 0 unspecified atom stereocenters. The van der Waals surface area contributed by atoms with Crippen molar-refractivity contribution < 1.29 is 4.79 Å². The predicted molar refractivity (Wildman–Crippen MR) is 54.3 cm³/mol. The fourth-order valence-corrected chi connectivity index (χ4v) is 1.21. The Hall–Kier alpha value is -2.37. The normalized spacial score (nSPS) is 10.1. The number of hydrogen-bond donors (Lipinski definition) is 2. The van der Waals surface area contributed by atoms with E-state index in [4.69, 9.17) is 11.5 Å². The van der Waals surface area contributed by atoms with Gasteiger partial charge in [0.1, 0.15) is 11.4 Å². The van der Waals surface area contributed by atoms with E-state index in [2.05, 4.69) is 10.1 Å². The number of pyridine rings is 1. The lowest BCUT2D eigenvalue weighted by Crippen LogP contribution is -2.13. The molecule has 0 saturated heterocycles. The van der Waals surface area contributed by atoms with Gasteiger partial charge in [-0.15, -0.1) is 0 Å². The summed E-state index contributed by atoms with van der Waals surface area (Å²) >= 11 is 0. The maximum atomic E-state index is 10.9. The highest BCUT2D eigenvalue weighted by atomic mass is 16.1. The highest BCUT2D eigenvalue weighted by Crippen LogP contribution is 2.14. The number of carbonyl (C=O) groups excluding carboxylic acids is 1. The van der Waals surface area contributed by atoms with E-state index in [0.717, 1.165) is 0 Å². The second-order valence-corrected chi connectivity index (χ2v) is 2.91. The summed E-state index contributed by atoms with van der Waals surface area (Å²) in [4.78, 5) is 15.0. The van der Waals surface area contributed by atoms with Crippen LogP contribution < -0.4 is 11.5 Å². The summed E-state index contributed by atoms with van der Waals surface area (Å²) in [6, 6.07) is 5.31. The predicted octanol–water partition coefficient (Wildman–Crippen LogP) is -0.0516. The average molecular weight is 203 g/mol. The molecule has 4 N–H and O–H groups in total. The van der Waals surface area contributed by atoms with E-state index in [1.807, 2.05) is 0 Å². The van der Waals surface area contributed by atoms with E-state index < -0.39 is 5.91 Å². The number of nitrogens with zero attached hydrogens (tertiary/aromatic N) is 3.